The quantitative estimate of drug-likeness (QED) is 0.233. The molecule has 0 aromatic carbocycles. The van der Waals surface area contributed by atoms with Gasteiger partial charge in [-0.1, -0.05) is 6.92 Å². The molecular formula is C23H34F2N6O5S. The van der Waals surface area contributed by atoms with Crippen LogP contribution in [0.3, 0.4) is 0 Å². The number of nitrogens with one attached hydrogen (secondary N) is 3. The molecule has 4 aliphatic heterocycles. The topological polar surface area (TPSA) is 157 Å². The number of carbonyl (C=O) groups excluding carboxylic acids is 3. The number of halogens is 2. The number of carboxylic acids is 1. The molecule has 0 aliphatic carbocycles. The van der Waals surface area contributed by atoms with Crippen molar-refractivity contribution >= 4 is 35.5 Å². The minimum Gasteiger partial charge on any atom is -0.477 e. The smallest absolute Gasteiger partial charge is 0.353 e. The zero-order valence-corrected chi connectivity index (χ0v) is 21.8. The molecule has 4 rings (SSSR count). The average Bonchev–Trinajstić information content (AvgIpc) is 3.50. The largest absolute Gasteiger partial charge is 0.477 e. The number of amides is 3. The van der Waals surface area contributed by atoms with Gasteiger partial charge in [0.15, 0.2) is 0 Å². The Balaban J connectivity index is 1.44. The number of aliphatic carboxylic acids is 1. The molecule has 3 amide bonds. The third kappa shape index (κ3) is 5.08. The Bertz CT molecular complexity index is 999. The van der Waals surface area contributed by atoms with Crippen molar-refractivity contribution in [2.45, 2.75) is 68.6 Å². The lowest BCUT2D eigenvalue weighted by molar-refractivity contribution is -0.159. The van der Waals surface area contributed by atoms with Crippen molar-refractivity contribution in [2.24, 2.45) is 17.6 Å². The van der Waals surface area contributed by atoms with Crippen LogP contribution >= 0.6 is 11.8 Å². The van der Waals surface area contributed by atoms with E-state index in [0.29, 0.717) is 31.0 Å². The molecule has 11 nitrogen and oxygen atoms in total. The third-order valence-corrected chi connectivity index (χ3v) is 9.26. The number of fused-ring (bicyclic) bond motifs is 1. The van der Waals surface area contributed by atoms with E-state index >= 15 is 0 Å². The summed E-state index contributed by atoms with van der Waals surface area (Å²) < 4.78 is 25.4. The van der Waals surface area contributed by atoms with E-state index < -0.39 is 48.3 Å². The van der Waals surface area contributed by atoms with E-state index in [-0.39, 0.29) is 34.9 Å². The molecule has 0 radical (unpaired) electrons. The van der Waals surface area contributed by atoms with Crippen molar-refractivity contribution in [1.29, 1.82) is 0 Å². The van der Waals surface area contributed by atoms with Gasteiger partial charge in [0.1, 0.15) is 5.70 Å². The Labute approximate surface area is 217 Å². The summed E-state index contributed by atoms with van der Waals surface area (Å²) >= 11 is 1.34. The molecule has 206 valence electrons. The van der Waals surface area contributed by atoms with Crippen LogP contribution < -0.4 is 21.7 Å². The Morgan fingerprint density at radius 3 is 2.62 bits per heavy atom. The van der Waals surface area contributed by atoms with E-state index in [1.807, 2.05) is 11.9 Å². The predicted octanol–water partition coefficient (Wildman–Crippen LogP) is -0.860. The van der Waals surface area contributed by atoms with Crippen molar-refractivity contribution in [3.05, 3.63) is 10.6 Å². The SMILES string of the molecule is CNC[C@@H]1C[C@H](N)CN1C(=O)[C@@H]1C[C@H](SC2=C(C(=O)O)N3C(=O)[C@H](C(C)NC(=O)C(F)F)[C@H]3[C@H]2C)CN1. The van der Waals surface area contributed by atoms with Gasteiger partial charge in [0.05, 0.1) is 18.0 Å². The maximum absolute atomic E-state index is 13.2. The second kappa shape index (κ2) is 10.8. The first kappa shape index (κ1) is 27.7. The van der Waals surface area contributed by atoms with Gasteiger partial charge < -0.3 is 36.6 Å². The molecule has 0 spiro atoms. The van der Waals surface area contributed by atoms with Crippen molar-refractivity contribution in [1.82, 2.24) is 25.8 Å². The van der Waals surface area contributed by atoms with Crippen molar-refractivity contribution in [2.75, 3.05) is 26.7 Å². The average molecular weight is 545 g/mol. The van der Waals surface area contributed by atoms with Crippen LogP contribution in [0.1, 0.15) is 26.7 Å². The van der Waals surface area contributed by atoms with E-state index in [2.05, 4.69) is 16.0 Å². The molecule has 0 bridgehead atoms. The summed E-state index contributed by atoms with van der Waals surface area (Å²) in [7, 11) is 1.83. The summed E-state index contributed by atoms with van der Waals surface area (Å²) in [4.78, 5) is 53.3. The summed E-state index contributed by atoms with van der Waals surface area (Å²) in [6, 6.07) is -1.88. The molecule has 0 aromatic rings. The molecule has 0 saturated carbocycles. The van der Waals surface area contributed by atoms with Crippen LogP contribution in [0.15, 0.2) is 10.6 Å². The Morgan fingerprint density at radius 1 is 1.30 bits per heavy atom. The first-order valence-electron chi connectivity index (χ1n) is 12.5. The summed E-state index contributed by atoms with van der Waals surface area (Å²) in [6.07, 6.45) is -1.98. The predicted molar refractivity (Wildman–Crippen MR) is 131 cm³/mol. The van der Waals surface area contributed by atoms with Crippen molar-refractivity contribution < 1.29 is 33.1 Å². The molecule has 3 saturated heterocycles. The Morgan fingerprint density at radius 2 is 2.00 bits per heavy atom. The number of likely N-dealkylation sites (tertiary alicyclic amines) is 1. The number of carboxylic acid groups (broad SMARTS) is 1. The van der Waals surface area contributed by atoms with E-state index in [9.17, 15) is 33.1 Å². The highest BCUT2D eigenvalue weighted by molar-refractivity contribution is 8.03. The highest BCUT2D eigenvalue weighted by Crippen LogP contribution is 2.51. The number of hydrogen-bond donors (Lipinski definition) is 5. The Hall–Kier alpha value is -2.29. The highest BCUT2D eigenvalue weighted by Gasteiger charge is 2.60. The normalized spacial score (nSPS) is 34.1. The molecule has 4 heterocycles. The fraction of sp³-hybridized carbons (Fsp3) is 0.739. The van der Waals surface area contributed by atoms with Gasteiger partial charge in [-0.3, -0.25) is 14.4 Å². The molecule has 1 unspecified atom stereocenters. The standard InChI is InChI=1S/C23H34F2N6O5S/c1-9-16-15(10(2)29-20(32)19(24)25)22(34)31(16)17(23(35)36)18(9)37-13-5-14(28-7-13)21(33)30-8-11(26)4-12(30)6-27-3/h9-16,19,27-28H,4-8,26H2,1-3H3,(H,29,32)(H,35,36)/t9-,10?,11+,12+,13+,14+,15-,16-/m1/s1. The number of rotatable bonds is 9. The zero-order chi connectivity index (χ0) is 27.2. The van der Waals surface area contributed by atoms with Crippen LogP contribution in [0.2, 0.25) is 0 Å². The van der Waals surface area contributed by atoms with Gasteiger partial charge in [-0.2, -0.15) is 8.78 Å². The number of thioether (sulfide) groups is 1. The molecule has 6 N–H and O–H groups in total. The molecule has 3 fully saturated rings. The van der Waals surface area contributed by atoms with Crippen LogP contribution in [-0.2, 0) is 19.2 Å². The lowest BCUT2D eigenvalue weighted by atomic mass is 9.78. The molecule has 4 aliphatic rings. The first-order chi connectivity index (χ1) is 17.5. The van der Waals surface area contributed by atoms with Gasteiger partial charge in [-0.25, -0.2) is 4.79 Å². The maximum Gasteiger partial charge on any atom is 0.353 e. The van der Waals surface area contributed by atoms with Crippen molar-refractivity contribution in [3.8, 4) is 0 Å². The van der Waals surface area contributed by atoms with Crippen molar-refractivity contribution in [3.63, 3.8) is 0 Å². The molecular weight excluding hydrogens is 510 g/mol. The lowest BCUT2D eigenvalue weighted by Gasteiger charge is -2.47. The minimum absolute atomic E-state index is 0.0223. The molecule has 14 heteroatoms. The van der Waals surface area contributed by atoms with E-state index in [4.69, 9.17) is 5.73 Å². The highest BCUT2D eigenvalue weighted by atomic mass is 32.2. The Kier molecular flexibility index (Phi) is 8.12. The number of nitrogens with two attached hydrogens (primary N) is 1. The minimum atomic E-state index is -3.20. The van der Waals surface area contributed by atoms with Crippen LogP contribution in [-0.4, -0.2) is 107 Å². The summed E-state index contributed by atoms with van der Waals surface area (Å²) in [5.74, 6) is -4.40. The van der Waals surface area contributed by atoms with E-state index in [1.54, 1.807) is 6.92 Å². The van der Waals surface area contributed by atoms with Crippen LogP contribution in [0.25, 0.3) is 0 Å². The second-order valence-electron chi connectivity index (χ2n) is 10.3. The summed E-state index contributed by atoms with van der Waals surface area (Å²) in [5.41, 5.74) is 5.99. The van der Waals surface area contributed by atoms with Crippen LogP contribution in [0.4, 0.5) is 8.78 Å². The number of carbonyl (C=O) groups is 4. The zero-order valence-electron chi connectivity index (χ0n) is 20.9. The monoisotopic (exact) mass is 544 g/mol. The van der Waals surface area contributed by atoms with Gasteiger partial charge >= 0.3 is 12.4 Å². The lowest BCUT2D eigenvalue weighted by Crippen LogP contribution is -2.66. The number of hydrogen-bond acceptors (Lipinski definition) is 8. The van der Waals surface area contributed by atoms with Gasteiger partial charge in [-0.15, -0.1) is 11.8 Å². The first-order valence-corrected chi connectivity index (χ1v) is 13.3. The van der Waals surface area contributed by atoms with Gasteiger partial charge in [0, 0.05) is 53.8 Å². The number of likely N-dealkylation sites (N-methyl/N-ethyl adjacent to an activating group) is 1. The van der Waals surface area contributed by atoms with E-state index in [1.165, 1.54) is 23.6 Å². The fourth-order valence-electron chi connectivity index (χ4n) is 6.09. The van der Waals surface area contributed by atoms with Gasteiger partial charge in [0.2, 0.25) is 11.8 Å². The summed E-state index contributed by atoms with van der Waals surface area (Å²) in [5, 5.41) is 18.3. The third-order valence-electron chi connectivity index (χ3n) is 7.75. The van der Waals surface area contributed by atoms with Gasteiger partial charge in [-0.05, 0) is 26.8 Å². The molecule has 8 atom stereocenters. The fourth-order valence-corrected chi connectivity index (χ4v) is 7.57. The molecule has 0 aromatic heterocycles. The van der Waals surface area contributed by atoms with Crippen LogP contribution in [0.5, 0.6) is 0 Å². The number of alkyl halides is 2. The second-order valence-corrected chi connectivity index (χ2v) is 11.6. The number of nitrogens with zero attached hydrogens (tertiary/aromatic N) is 2. The molecule has 37 heavy (non-hydrogen) atoms. The number of β-lactam (4-membered cyclic amide) rings is 1. The van der Waals surface area contributed by atoms with E-state index in [0.717, 1.165) is 6.42 Å². The maximum atomic E-state index is 13.2. The van der Waals surface area contributed by atoms with Crippen LogP contribution in [0, 0.1) is 11.8 Å². The van der Waals surface area contributed by atoms with Gasteiger partial charge in [0.25, 0.3) is 5.91 Å². The summed E-state index contributed by atoms with van der Waals surface area (Å²) in [6.45, 7) is 4.91.